The van der Waals surface area contributed by atoms with Gasteiger partial charge in [-0.2, -0.15) is 0 Å². The van der Waals surface area contributed by atoms with Gasteiger partial charge in [0, 0.05) is 38.8 Å². The summed E-state index contributed by atoms with van der Waals surface area (Å²) in [5.74, 6) is 0.381. The Hall–Kier alpha value is -1.26. The lowest BCUT2D eigenvalue weighted by Crippen LogP contribution is -2.48. The maximum atomic E-state index is 12.2. The fourth-order valence-electron chi connectivity index (χ4n) is 3.01. The predicted octanol–water partition coefficient (Wildman–Crippen LogP) is 3.19. The van der Waals surface area contributed by atoms with Gasteiger partial charge in [-0.15, -0.1) is 24.0 Å². The van der Waals surface area contributed by atoms with Gasteiger partial charge in [-0.05, 0) is 38.0 Å². The summed E-state index contributed by atoms with van der Waals surface area (Å²) in [4.78, 5) is 30.4. The molecule has 1 amide bonds. The number of hydrogen-bond donors (Lipinski definition) is 2. The number of halogens is 3. The van der Waals surface area contributed by atoms with Crippen molar-refractivity contribution in [1.29, 1.82) is 0 Å². The van der Waals surface area contributed by atoms with Crippen molar-refractivity contribution in [3.63, 3.8) is 0 Å². The molecule has 1 heterocycles. The zero-order chi connectivity index (χ0) is 20.5. The third kappa shape index (κ3) is 7.82. The summed E-state index contributed by atoms with van der Waals surface area (Å²) in [6.45, 7) is 4.65. The highest BCUT2D eigenvalue weighted by atomic mass is 127. The average molecular weight is 557 g/mol. The fourth-order valence-corrected chi connectivity index (χ4v) is 3.31. The third-order valence-electron chi connectivity index (χ3n) is 4.50. The van der Waals surface area contributed by atoms with Gasteiger partial charge >= 0.3 is 5.97 Å². The van der Waals surface area contributed by atoms with Crippen LogP contribution < -0.4 is 10.6 Å². The number of carbonyl (C=O) groups is 2. The second-order valence-electron chi connectivity index (χ2n) is 6.37. The van der Waals surface area contributed by atoms with Crippen LogP contribution in [0.15, 0.2) is 23.2 Å². The Kier molecular flexibility index (Phi) is 11.7. The predicted molar refractivity (Wildman–Crippen MR) is 127 cm³/mol. The van der Waals surface area contributed by atoms with Crippen molar-refractivity contribution < 1.29 is 14.3 Å². The number of esters is 1. The Balaban J connectivity index is 0.00000420. The largest absolute Gasteiger partial charge is 0.466 e. The maximum absolute atomic E-state index is 12.2. The molecule has 29 heavy (non-hydrogen) atoms. The molecule has 162 valence electrons. The van der Waals surface area contributed by atoms with Gasteiger partial charge in [0.05, 0.1) is 22.6 Å². The molecule has 1 aromatic carbocycles. The van der Waals surface area contributed by atoms with Crippen molar-refractivity contribution in [2.24, 2.45) is 10.9 Å². The van der Waals surface area contributed by atoms with E-state index in [-0.39, 0.29) is 41.8 Å². The molecule has 0 spiro atoms. The Labute approximate surface area is 198 Å². The van der Waals surface area contributed by atoms with Gasteiger partial charge in [-0.3, -0.25) is 14.6 Å². The lowest BCUT2D eigenvalue weighted by Gasteiger charge is -2.33. The van der Waals surface area contributed by atoms with E-state index in [1.54, 1.807) is 25.2 Å². The van der Waals surface area contributed by atoms with Crippen LogP contribution in [-0.4, -0.2) is 62.6 Å². The van der Waals surface area contributed by atoms with Crippen LogP contribution in [0.2, 0.25) is 10.0 Å². The molecule has 0 aromatic heterocycles. The molecule has 0 unspecified atom stereocenters. The third-order valence-corrected chi connectivity index (χ3v) is 5.24. The number of aliphatic imine (C=N–C) groups is 1. The van der Waals surface area contributed by atoms with E-state index in [1.165, 1.54) is 0 Å². The Bertz CT molecular complexity index is 725. The van der Waals surface area contributed by atoms with Crippen LogP contribution in [0.4, 0.5) is 0 Å². The second-order valence-corrected chi connectivity index (χ2v) is 7.19. The Morgan fingerprint density at radius 2 is 1.83 bits per heavy atom. The first kappa shape index (κ1) is 25.8. The molecular weight excluding hydrogens is 530 g/mol. The van der Waals surface area contributed by atoms with E-state index in [0.29, 0.717) is 35.3 Å². The summed E-state index contributed by atoms with van der Waals surface area (Å²) in [6, 6.07) is 4.77. The van der Waals surface area contributed by atoms with E-state index >= 15 is 0 Å². The molecular formula is C19H27Cl2IN4O3. The molecule has 0 saturated carbocycles. The monoisotopic (exact) mass is 556 g/mol. The van der Waals surface area contributed by atoms with E-state index in [4.69, 9.17) is 27.9 Å². The number of rotatable bonds is 6. The molecule has 1 saturated heterocycles. The normalized spacial score (nSPS) is 14.8. The van der Waals surface area contributed by atoms with Crippen LogP contribution in [0.1, 0.15) is 30.1 Å². The fraction of sp³-hybridized carbons (Fsp3) is 0.526. The summed E-state index contributed by atoms with van der Waals surface area (Å²) < 4.78 is 5.10. The van der Waals surface area contributed by atoms with Crippen LogP contribution in [0.3, 0.4) is 0 Å². The van der Waals surface area contributed by atoms with Crippen molar-refractivity contribution >= 4 is 65.0 Å². The first-order chi connectivity index (χ1) is 13.5. The van der Waals surface area contributed by atoms with E-state index in [2.05, 4.69) is 20.5 Å². The Morgan fingerprint density at radius 3 is 2.41 bits per heavy atom. The number of piperidine rings is 1. The van der Waals surface area contributed by atoms with Gasteiger partial charge in [0.25, 0.3) is 5.91 Å². The van der Waals surface area contributed by atoms with Gasteiger partial charge in [-0.25, -0.2) is 0 Å². The molecule has 0 bridgehead atoms. The molecule has 7 nitrogen and oxygen atoms in total. The van der Waals surface area contributed by atoms with Crippen molar-refractivity contribution in [2.75, 3.05) is 39.8 Å². The molecule has 0 aliphatic carbocycles. The van der Waals surface area contributed by atoms with Gasteiger partial charge < -0.3 is 20.3 Å². The molecule has 0 radical (unpaired) electrons. The maximum Gasteiger partial charge on any atom is 0.309 e. The molecule has 0 atom stereocenters. The lowest BCUT2D eigenvalue weighted by molar-refractivity contribution is -0.149. The zero-order valence-electron chi connectivity index (χ0n) is 16.5. The molecule has 10 heteroatoms. The van der Waals surface area contributed by atoms with Crippen LogP contribution in [0, 0.1) is 5.92 Å². The number of guanidine groups is 1. The minimum atomic E-state index is -0.217. The summed E-state index contributed by atoms with van der Waals surface area (Å²) >= 11 is 11.8. The molecule has 1 aliphatic rings. The number of benzene rings is 1. The second kappa shape index (κ2) is 13.1. The molecule has 1 aromatic rings. The number of carbonyl (C=O) groups excluding carboxylic acids is 2. The van der Waals surface area contributed by atoms with Gasteiger partial charge in [0.1, 0.15) is 0 Å². The van der Waals surface area contributed by atoms with Crippen molar-refractivity contribution in [3.8, 4) is 0 Å². The zero-order valence-corrected chi connectivity index (χ0v) is 20.4. The minimum absolute atomic E-state index is 0. The van der Waals surface area contributed by atoms with E-state index < -0.39 is 0 Å². The topological polar surface area (TPSA) is 83.0 Å². The molecule has 2 rings (SSSR count). The van der Waals surface area contributed by atoms with E-state index in [1.807, 2.05) is 6.92 Å². The van der Waals surface area contributed by atoms with Gasteiger partial charge in [-0.1, -0.05) is 23.2 Å². The van der Waals surface area contributed by atoms with E-state index in [9.17, 15) is 9.59 Å². The minimum Gasteiger partial charge on any atom is -0.466 e. The number of nitrogens with zero attached hydrogens (tertiary/aromatic N) is 2. The summed E-state index contributed by atoms with van der Waals surface area (Å²) in [5, 5.41) is 6.82. The highest BCUT2D eigenvalue weighted by molar-refractivity contribution is 14.0. The van der Waals surface area contributed by atoms with Crippen LogP contribution in [0.25, 0.3) is 0 Å². The standard InChI is InChI=1S/C19H26Cl2N4O3.HI/c1-3-28-18(27)13-6-10-25(11-7-13)19(22-2)24-9-8-23-17(26)14-4-5-15(20)16(21)12-14;/h4-5,12-13H,3,6-11H2,1-2H3,(H,22,24)(H,23,26);1H. The summed E-state index contributed by atoms with van der Waals surface area (Å²) in [7, 11) is 1.72. The highest BCUT2D eigenvalue weighted by Gasteiger charge is 2.27. The average Bonchev–Trinajstić information content (AvgIpc) is 2.70. The molecule has 2 N–H and O–H groups in total. The quantitative estimate of drug-likeness (QED) is 0.185. The smallest absolute Gasteiger partial charge is 0.309 e. The summed E-state index contributed by atoms with van der Waals surface area (Å²) in [5.41, 5.74) is 0.458. The number of likely N-dealkylation sites (tertiary alicyclic amines) is 1. The number of nitrogens with one attached hydrogen (secondary N) is 2. The Morgan fingerprint density at radius 1 is 1.17 bits per heavy atom. The van der Waals surface area contributed by atoms with Crippen LogP contribution in [-0.2, 0) is 9.53 Å². The SMILES string of the molecule is CCOC(=O)C1CCN(C(=NC)NCCNC(=O)c2ccc(Cl)c(Cl)c2)CC1.I. The summed E-state index contributed by atoms with van der Waals surface area (Å²) in [6.07, 6.45) is 1.49. The van der Waals surface area contributed by atoms with Gasteiger partial charge in [0.15, 0.2) is 5.96 Å². The molecule has 1 fully saturated rings. The van der Waals surface area contributed by atoms with Crippen LogP contribution in [0.5, 0.6) is 0 Å². The highest BCUT2D eigenvalue weighted by Crippen LogP contribution is 2.22. The number of ether oxygens (including phenoxy) is 1. The number of hydrogen-bond acceptors (Lipinski definition) is 4. The first-order valence-corrected chi connectivity index (χ1v) is 10.1. The van der Waals surface area contributed by atoms with Crippen LogP contribution >= 0.6 is 47.2 Å². The van der Waals surface area contributed by atoms with E-state index in [0.717, 1.165) is 31.9 Å². The van der Waals surface area contributed by atoms with Crippen molar-refractivity contribution in [3.05, 3.63) is 33.8 Å². The molecule has 1 aliphatic heterocycles. The lowest BCUT2D eigenvalue weighted by atomic mass is 9.97. The van der Waals surface area contributed by atoms with Crippen molar-refractivity contribution in [1.82, 2.24) is 15.5 Å². The van der Waals surface area contributed by atoms with Crippen molar-refractivity contribution in [2.45, 2.75) is 19.8 Å². The van der Waals surface area contributed by atoms with Gasteiger partial charge in [0.2, 0.25) is 0 Å². The number of amides is 1. The first-order valence-electron chi connectivity index (χ1n) is 9.31.